The summed E-state index contributed by atoms with van der Waals surface area (Å²) in [6, 6.07) is 20.2. The first kappa shape index (κ1) is 29.2. The Balaban J connectivity index is 1.72. The minimum absolute atomic E-state index is 0.0258. The van der Waals surface area contributed by atoms with Crippen LogP contribution in [0.5, 0.6) is 11.5 Å². The molecule has 3 aromatic rings. The molecule has 1 aliphatic heterocycles. The highest BCUT2D eigenvalue weighted by Gasteiger charge is 2.33. The quantitative estimate of drug-likeness (QED) is 0.344. The van der Waals surface area contributed by atoms with Crippen molar-refractivity contribution < 1.29 is 27.5 Å². The van der Waals surface area contributed by atoms with Crippen LogP contribution >= 0.6 is 11.6 Å². The standard InChI is InChI=1S/C29H32ClN3O6S/c1-3-14-31-29(35)25(16-21-8-5-4-6-9-21)32(18-22-10-7-11-23(30)15-22)28(34)19-33(40(2,36)37)24-12-13-26-27(17-24)39-20-38-26/h4-13,15,17,25H,3,14,16,18-20H2,1-2H3,(H,31,35). The number of fused-ring (bicyclic) bond motifs is 1. The smallest absolute Gasteiger partial charge is 0.244 e. The summed E-state index contributed by atoms with van der Waals surface area (Å²) in [4.78, 5) is 29.0. The van der Waals surface area contributed by atoms with Crippen LogP contribution in [-0.4, -0.2) is 57.3 Å². The van der Waals surface area contributed by atoms with Crippen LogP contribution in [0.3, 0.4) is 0 Å². The van der Waals surface area contributed by atoms with E-state index in [0.717, 1.165) is 22.5 Å². The third-order valence-corrected chi connectivity index (χ3v) is 7.76. The number of hydrogen-bond acceptors (Lipinski definition) is 6. The number of nitrogens with one attached hydrogen (secondary N) is 1. The molecule has 1 atom stereocenters. The predicted molar refractivity (Wildman–Crippen MR) is 154 cm³/mol. The van der Waals surface area contributed by atoms with Crippen LogP contribution in [0.4, 0.5) is 5.69 Å². The summed E-state index contributed by atoms with van der Waals surface area (Å²) < 4.78 is 37.6. The molecule has 0 bridgehead atoms. The van der Waals surface area contributed by atoms with Gasteiger partial charge >= 0.3 is 0 Å². The molecule has 0 spiro atoms. The van der Waals surface area contributed by atoms with E-state index in [1.165, 1.54) is 11.0 Å². The van der Waals surface area contributed by atoms with Gasteiger partial charge in [0, 0.05) is 30.6 Å². The van der Waals surface area contributed by atoms with Crippen molar-refractivity contribution in [3.8, 4) is 11.5 Å². The molecule has 0 saturated heterocycles. The number of halogens is 1. The van der Waals surface area contributed by atoms with Crippen LogP contribution in [0.25, 0.3) is 0 Å². The SMILES string of the molecule is CCCNC(=O)C(Cc1ccccc1)N(Cc1cccc(Cl)c1)C(=O)CN(c1ccc2c(c1)OCO2)S(C)(=O)=O. The Labute approximate surface area is 239 Å². The summed E-state index contributed by atoms with van der Waals surface area (Å²) in [7, 11) is -3.89. The average molecular weight is 586 g/mol. The Kier molecular flexibility index (Phi) is 9.54. The zero-order chi connectivity index (χ0) is 28.7. The molecule has 4 rings (SSSR count). The van der Waals surface area contributed by atoms with Crippen molar-refractivity contribution in [3.63, 3.8) is 0 Å². The van der Waals surface area contributed by atoms with Gasteiger partial charge in [-0.15, -0.1) is 0 Å². The highest BCUT2D eigenvalue weighted by atomic mass is 35.5. The van der Waals surface area contributed by atoms with Gasteiger partial charge < -0.3 is 19.7 Å². The van der Waals surface area contributed by atoms with Crippen molar-refractivity contribution in [3.05, 3.63) is 88.9 Å². The molecule has 1 N–H and O–H groups in total. The first-order valence-corrected chi connectivity index (χ1v) is 15.1. The van der Waals surface area contributed by atoms with Crippen LogP contribution in [0.1, 0.15) is 24.5 Å². The monoisotopic (exact) mass is 585 g/mol. The first-order chi connectivity index (χ1) is 19.2. The molecule has 0 saturated carbocycles. The highest BCUT2D eigenvalue weighted by molar-refractivity contribution is 7.92. The summed E-state index contributed by atoms with van der Waals surface area (Å²) in [5, 5.41) is 3.39. The second-order valence-electron chi connectivity index (χ2n) is 9.46. The Morgan fingerprint density at radius 1 is 0.975 bits per heavy atom. The maximum absolute atomic E-state index is 14.1. The van der Waals surface area contributed by atoms with E-state index in [1.807, 2.05) is 43.3 Å². The summed E-state index contributed by atoms with van der Waals surface area (Å²) in [6.45, 7) is 1.94. The summed E-state index contributed by atoms with van der Waals surface area (Å²) >= 11 is 6.23. The molecular weight excluding hydrogens is 554 g/mol. The fourth-order valence-corrected chi connectivity index (χ4v) is 5.46. The zero-order valence-electron chi connectivity index (χ0n) is 22.4. The van der Waals surface area contributed by atoms with E-state index >= 15 is 0 Å². The van der Waals surface area contributed by atoms with Crippen molar-refractivity contribution in [1.82, 2.24) is 10.2 Å². The second kappa shape index (κ2) is 13.1. The number of ether oxygens (including phenoxy) is 2. The third-order valence-electron chi connectivity index (χ3n) is 6.39. The van der Waals surface area contributed by atoms with Gasteiger partial charge in [0.2, 0.25) is 28.6 Å². The molecule has 1 unspecified atom stereocenters. The molecule has 40 heavy (non-hydrogen) atoms. The molecule has 2 amide bonds. The maximum atomic E-state index is 14.1. The van der Waals surface area contributed by atoms with Gasteiger partial charge in [0.25, 0.3) is 0 Å². The fourth-order valence-electron chi connectivity index (χ4n) is 4.41. The Morgan fingerprint density at radius 2 is 1.70 bits per heavy atom. The van der Waals surface area contributed by atoms with Crippen LogP contribution in [-0.2, 0) is 32.6 Å². The van der Waals surface area contributed by atoms with E-state index in [0.29, 0.717) is 28.6 Å². The van der Waals surface area contributed by atoms with E-state index in [1.54, 1.807) is 30.3 Å². The van der Waals surface area contributed by atoms with Crippen molar-refractivity contribution in [2.24, 2.45) is 0 Å². The van der Waals surface area contributed by atoms with Crippen LogP contribution < -0.4 is 19.1 Å². The largest absolute Gasteiger partial charge is 0.454 e. The molecule has 11 heteroatoms. The number of carbonyl (C=O) groups excluding carboxylic acids is 2. The molecule has 0 aromatic heterocycles. The summed E-state index contributed by atoms with van der Waals surface area (Å²) in [5.41, 5.74) is 1.81. The molecule has 3 aromatic carbocycles. The van der Waals surface area contributed by atoms with Crippen LogP contribution in [0, 0.1) is 0 Å². The van der Waals surface area contributed by atoms with Crippen molar-refractivity contribution in [1.29, 1.82) is 0 Å². The number of rotatable bonds is 12. The Bertz CT molecular complexity index is 1450. The zero-order valence-corrected chi connectivity index (χ0v) is 24.0. The van der Waals surface area contributed by atoms with E-state index in [-0.39, 0.29) is 31.4 Å². The third kappa shape index (κ3) is 7.45. The van der Waals surface area contributed by atoms with Crippen LogP contribution in [0.2, 0.25) is 5.02 Å². The van der Waals surface area contributed by atoms with Crippen molar-refractivity contribution in [2.45, 2.75) is 32.4 Å². The van der Waals surface area contributed by atoms with Gasteiger partial charge in [0.1, 0.15) is 12.6 Å². The van der Waals surface area contributed by atoms with Gasteiger partial charge in [-0.1, -0.05) is 61.0 Å². The normalized spacial score (nSPS) is 13.0. The minimum Gasteiger partial charge on any atom is -0.454 e. The molecule has 0 radical (unpaired) electrons. The number of sulfonamides is 1. The van der Waals surface area contributed by atoms with Gasteiger partial charge in [0.15, 0.2) is 11.5 Å². The highest BCUT2D eigenvalue weighted by Crippen LogP contribution is 2.36. The van der Waals surface area contributed by atoms with Crippen molar-refractivity contribution in [2.75, 3.05) is 30.4 Å². The lowest BCUT2D eigenvalue weighted by Gasteiger charge is -2.33. The number of benzene rings is 3. The van der Waals surface area contributed by atoms with E-state index in [9.17, 15) is 18.0 Å². The van der Waals surface area contributed by atoms with Gasteiger partial charge in [0.05, 0.1) is 11.9 Å². The summed E-state index contributed by atoms with van der Waals surface area (Å²) in [6.07, 6.45) is 1.99. The minimum atomic E-state index is -3.89. The molecule has 0 aliphatic carbocycles. The van der Waals surface area contributed by atoms with E-state index in [2.05, 4.69) is 5.32 Å². The Morgan fingerprint density at radius 3 is 2.40 bits per heavy atom. The van der Waals surface area contributed by atoms with Crippen LogP contribution in [0.15, 0.2) is 72.8 Å². The molecule has 9 nitrogen and oxygen atoms in total. The van der Waals surface area contributed by atoms with Gasteiger partial charge in [-0.25, -0.2) is 8.42 Å². The average Bonchev–Trinajstić information content (AvgIpc) is 3.40. The topological polar surface area (TPSA) is 105 Å². The Hall–Kier alpha value is -3.76. The second-order valence-corrected chi connectivity index (χ2v) is 11.8. The molecule has 212 valence electrons. The lowest BCUT2D eigenvalue weighted by molar-refractivity contribution is -0.140. The van der Waals surface area contributed by atoms with E-state index in [4.69, 9.17) is 21.1 Å². The van der Waals surface area contributed by atoms with E-state index < -0.39 is 28.5 Å². The molecule has 0 fully saturated rings. The predicted octanol–water partition coefficient (Wildman–Crippen LogP) is 4.00. The number of amides is 2. The molecule has 1 heterocycles. The number of hydrogen-bond donors (Lipinski definition) is 1. The van der Waals surface area contributed by atoms with Gasteiger partial charge in [-0.05, 0) is 41.8 Å². The first-order valence-electron chi connectivity index (χ1n) is 12.9. The lowest BCUT2D eigenvalue weighted by Crippen LogP contribution is -2.53. The van der Waals surface area contributed by atoms with Gasteiger partial charge in [-0.3, -0.25) is 13.9 Å². The molecular formula is C29H32ClN3O6S. The molecule has 1 aliphatic rings. The maximum Gasteiger partial charge on any atom is 0.244 e. The fraction of sp³-hybridized carbons (Fsp3) is 0.310. The lowest BCUT2D eigenvalue weighted by atomic mass is 10.0. The number of nitrogens with zero attached hydrogens (tertiary/aromatic N) is 2. The summed E-state index contributed by atoms with van der Waals surface area (Å²) in [5.74, 6) is 0.00243. The van der Waals surface area contributed by atoms with Crippen molar-refractivity contribution >= 4 is 39.1 Å². The number of carbonyl (C=O) groups is 2. The van der Waals surface area contributed by atoms with Gasteiger partial charge in [-0.2, -0.15) is 0 Å². The number of anilines is 1.